The van der Waals surface area contributed by atoms with E-state index in [9.17, 15) is 19.2 Å². The van der Waals surface area contributed by atoms with Crippen LogP contribution in [0.25, 0.3) is 0 Å². The van der Waals surface area contributed by atoms with Crippen LogP contribution in [0, 0.1) is 17.8 Å². The molecule has 0 aromatic heterocycles. The highest BCUT2D eigenvalue weighted by atomic mass is 32.2. The van der Waals surface area contributed by atoms with Crippen molar-refractivity contribution < 1.29 is 19.2 Å². The van der Waals surface area contributed by atoms with E-state index < -0.39 is 11.9 Å². The number of benzene rings is 1. The molecule has 4 bridgehead atoms. The molecule has 4 atom stereocenters. The van der Waals surface area contributed by atoms with Gasteiger partial charge in [-0.25, -0.2) is 0 Å². The van der Waals surface area contributed by atoms with E-state index in [0.717, 1.165) is 41.7 Å². The van der Waals surface area contributed by atoms with Gasteiger partial charge in [-0.3, -0.25) is 29.5 Å². The maximum absolute atomic E-state index is 13.1. The second-order valence-corrected chi connectivity index (χ2v) is 12.7. The minimum atomic E-state index is -0.632. The molecule has 1 aromatic rings. The molecular weight excluding hydrogens is 490 g/mol. The molecule has 1 saturated heterocycles. The van der Waals surface area contributed by atoms with Crippen LogP contribution in [0.4, 0.5) is 5.69 Å². The highest BCUT2D eigenvalue weighted by molar-refractivity contribution is 8.16. The van der Waals surface area contributed by atoms with Gasteiger partial charge < -0.3 is 15.5 Å². The Morgan fingerprint density at radius 3 is 2.76 bits per heavy atom. The second kappa shape index (κ2) is 8.58. The van der Waals surface area contributed by atoms with Gasteiger partial charge in [0, 0.05) is 47.6 Å². The van der Waals surface area contributed by atoms with Crippen LogP contribution in [0.2, 0.25) is 0 Å². The molecule has 9 nitrogen and oxygen atoms in total. The Morgan fingerprint density at radius 1 is 1.16 bits per heavy atom. The number of imide groups is 1. The lowest BCUT2D eigenvalue weighted by molar-refractivity contribution is -0.137. The average molecular weight is 522 g/mol. The first kappa shape index (κ1) is 23.3. The lowest BCUT2D eigenvalue weighted by atomic mass is 9.80. The number of carbonyl (C=O) groups excluding carboxylic acids is 4. The van der Waals surface area contributed by atoms with Crippen molar-refractivity contribution in [3.8, 4) is 0 Å². The molecule has 3 N–H and O–H groups in total. The summed E-state index contributed by atoms with van der Waals surface area (Å²) in [5.41, 5.74) is 2.29. The van der Waals surface area contributed by atoms with Crippen molar-refractivity contribution in [3.05, 3.63) is 29.3 Å². The lowest BCUT2D eigenvalue weighted by Crippen LogP contribution is -2.52. The highest BCUT2D eigenvalue weighted by Gasteiger charge is 2.58. The Balaban J connectivity index is 0.995. The molecule has 37 heavy (non-hydrogen) atoms. The van der Waals surface area contributed by atoms with E-state index in [4.69, 9.17) is 4.99 Å². The molecule has 1 aromatic carbocycles. The summed E-state index contributed by atoms with van der Waals surface area (Å²) in [5.74, 6) is 2.08. The maximum Gasteiger partial charge on any atom is 0.276 e. The van der Waals surface area contributed by atoms with Gasteiger partial charge in [-0.1, -0.05) is 17.8 Å². The Bertz CT molecular complexity index is 1230. The van der Waals surface area contributed by atoms with Crippen LogP contribution < -0.4 is 16.0 Å². The van der Waals surface area contributed by atoms with Crippen LogP contribution >= 0.6 is 11.8 Å². The fourth-order valence-electron chi connectivity index (χ4n) is 7.90. The van der Waals surface area contributed by atoms with E-state index >= 15 is 0 Å². The molecule has 3 heterocycles. The molecule has 8 rings (SSSR count). The number of rotatable bonds is 6. The van der Waals surface area contributed by atoms with Gasteiger partial charge in [0.1, 0.15) is 6.04 Å². The first-order valence-corrected chi connectivity index (χ1v) is 14.4. The van der Waals surface area contributed by atoms with E-state index in [2.05, 4.69) is 16.0 Å². The first-order valence-electron chi connectivity index (χ1n) is 13.4. The number of nitrogens with zero attached hydrogens (tertiary/aromatic N) is 2. The number of hydrogen-bond acceptors (Lipinski definition) is 7. The van der Waals surface area contributed by atoms with Crippen molar-refractivity contribution in [2.75, 3.05) is 17.6 Å². The summed E-state index contributed by atoms with van der Waals surface area (Å²) in [5, 5.41) is 9.80. The van der Waals surface area contributed by atoms with E-state index in [1.165, 1.54) is 31.0 Å². The summed E-state index contributed by atoms with van der Waals surface area (Å²) < 4.78 is 0. The van der Waals surface area contributed by atoms with Crippen LogP contribution in [-0.2, 0) is 20.9 Å². The molecule has 4 aliphatic carbocycles. The largest absolute Gasteiger partial charge is 0.383 e. The normalized spacial score (nSPS) is 35.6. The molecule has 0 radical (unpaired) electrons. The quantitative estimate of drug-likeness (QED) is 0.493. The molecule has 4 amide bonds. The van der Waals surface area contributed by atoms with Gasteiger partial charge in [-0.2, -0.15) is 0 Å². The number of amides is 4. The fraction of sp³-hybridized carbons (Fsp3) is 0.593. The Labute approximate surface area is 219 Å². The van der Waals surface area contributed by atoms with Gasteiger partial charge in [-0.05, 0) is 68.4 Å². The third kappa shape index (κ3) is 3.86. The molecule has 4 unspecified atom stereocenters. The minimum absolute atomic E-state index is 0.00761. The average Bonchev–Trinajstić information content (AvgIpc) is 3.58. The zero-order chi connectivity index (χ0) is 25.3. The molecule has 5 fully saturated rings. The topological polar surface area (TPSA) is 120 Å². The number of thioether (sulfide) groups is 1. The minimum Gasteiger partial charge on any atom is -0.383 e. The SMILES string of the molecule is O=C1CCC(N2Cc3c(NCC4CSC(C(=O)NC56CC7CC(CC5C7)C6)=N4)cccc3C2=O)C(=O)N1. The van der Waals surface area contributed by atoms with E-state index in [0.29, 0.717) is 36.0 Å². The maximum atomic E-state index is 13.1. The van der Waals surface area contributed by atoms with Crippen molar-refractivity contribution >= 4 is 46.1 Å². The highest BCUT2D eigenvalue weighted by Crippen LogP contribution is 2.60. The van der Waals surface area contributed by atoms with E-state index in [1.54, 1.807) is 11.0 Å². The summed E-state index contributed by atoms with van der Waals surface area (Å²) in [6.07, 6.45) is 6.74. The first-order chi connectivity index (χ1) is 17.9. The summed E-state index contributed by atoms with van der Waals surface area (Å²) in [4.78, 5) is 56.4. The third-order valence-corrected chi connectivity index (χ3v) is 10.5. The third-order valence-electron chi connectivity index (χ3n) is 9.37. The van der Waals surface area contributed by atoms with Gasteiger partial charge in [-0.15, -0.1) is 0 Å². The molecule has 3 aliphatic heterocycles. The number of anilines is 1. The Kier molecular flexibility index (Phi) is 5.39. The van der Waals surface area contributed by atoms with Crippen LogP contribution in [-0.4, -0.2) is 63.5 Å². The number of fused-ring (bicyclic) bond motifs is 1. The van der Waals surface area contributed by atoms with Crippen molar-refractivity contribution in [2.24, 2.45) is 22.7 Å². The zero-order valence-corrected chi connectivity index (χ0v) is 21.4. The van der Waals surface area contributed by atoms with E-state index in [1.807, 2.05) is 12.1 Å². The Hall–Kier alpha value is -2.88. The summed E-state index contributed by atoms with van der Waals surface area (Å²) in [6, 6.07) is 4.89. The van der Waals surface area contributed by atoms with Crippen molar-refractivity contribution in [1.29, 1.82) is 0 Å². The van der Waals surface area contributed by atoms with E-state index in [-0.39, 0.29) is 35.7 Å². The van der Waals surface area contributed by atoms with Crippen LogP contribution in [0.15, 0.2) is 23.2 Å². The standard InChI is InChI=1S/C27H31N5O4S/c33-22-5-4-21(23(34)30-22)32-12-19-18(26(32)36)2-1-3-20(19)28-11-17-13-37-25(29-17)24(35)31-27-9-14-6-15(10-27)8-16(27)7-14/h1-3,14-17,21,28H,4-13H2,(H,31,35)(H,30,33,34). The van der Waals surface area contributed by atoms with Gasteiger partial charge in [0.05, 0.1) is 6.04 Å². The number of aliphatic imine (C=N–C) groups is 1. The van der Waals surface area contributed by atoms with Crippen molar-refractivity contribution in [2.45, 2.75) is 69.1 Å². The lowest BCUT2D eigenvalue weighted by Gasteiger charge is -2.33. The predicted molar refractivity (Wildman–Crippen MR) is 139 cm³/mol. The second-order valence-electron chi connectivity index (χ2n) is 11.7. The smallest absolute Gasteiger partial charge is 0.276 e. The van der Waals surface area contributed by atoms with Gasteiger partial charge >= 0.3 is 0 Å². The number of nitrogens with one attached hydrogen (secondary N) is 3. The summed E-state index contributed by atoms with van der Waals surface area (Å²) in [6.45, 7) is 0.885. The predicted octanol–water partition coefficient (Wildman–Crippen LogP) is 2.07. The summed E-state index contributed by atoms with van der Waals surface area (Å²) in [7, 11) is 0. The molecule has 194 valence electrons. The van der Waals surface area contributed by atoms with Crippen molar-refractivity contribution in [1.82, 2.24) is 15.5 Å². The van der Waals surface area contributed by atoms with Crippen LogP contribution in [0.5, 0.6) is 0 Å². The molecule has 10 heteroatoms. The van der Waals surface area contributed by atoms with Crippen LogP contribution in [0.1, 0.15) is 60.9 Å². The molecule has 7 aliphatic rings. The van der Waals surface area contributed by atoms with Gasteiger partial charge in [0.15, 0.2) is 5.04 Å². The van der Waals surface area contributed by atoms with Crippen LogP contribution in [0.3, 0.4) is 0 Å². The Morgan fingerprint density at radius 2 is 1.97 bits per heavy atom. The number of piperidine rings is 1. The number of carbonyl (C=O) groups is 4. The van der Waals surface area contributed by atoms with Crippen molar-refractivity contribution in [3.63, 3.8) is 0 Å². The molecular formula is C27H31N5O4S. The zero-order valence-electron chi connectivity index (χ0n) is 20.6. The van der Waals surface area contributed by atoms with Gasteiger partial charge in [0.2, 0.25) is 11.8 Å². The number of hydrogen-bond donors (Lipinski definition) is 3. The monoisotopic (exact) mass is 521 g/mol. The molecule has 4 saturated carbocycles. The molecule has 0 spiro atoms. The fourth-order valence-corrected chi connectivity index (χ4v) is 8.85. The van der Waals surface area contributed by atoms with Gasteiger partial charge in [0.25, 0.3) is 11.8 Å². The summed E-state index contributed by atoms with van der Waals surface area (Å²) >= 11 is 1.53.